The van der Waals surface area contributed by atoms with Crippen molar-refractivity contribution in [2.45, 2.75) is 71.1 Å². The molecular weight excluding hydrogens is 364 g/mol. The average molecular weight is 392 g/mol. The quantitative estimate of drug-likeness (QED) is 0.203. The molecule has 0 bridgehead atoms. The van der Waals surface area contributed by atoms with Crippen LogP contribution in [-0.4, -0.2) is 22.0 Å². The Labute approximate surface area is 164 Å². The summed E-state index contributed by atoms with van der Waals surface area (Å²) in [6.45, 7) is 2.21. The SMILES string of the molecule is CCCCCCCCCCCC=NNC(=O)c1ccc([N+](=O)[O-])cc1[N+](=O)[O-]. The van der Waals surface area contributed by atoms with Crippen molar-refractivity contribution in [1.29, 1.82) is 0 Å². The molecule has 1 N–H and O–H groups in total. The van der Waals surface area contributed by atoms with Gasteiger partial charge in [0.1, 0.15) is 5.56 Å². The van der Waals surface area contributed by atoms with Gasteiger partial charge in [-0.05, 0) is 18.9 Å². The lowest BCUT2D eigenvalue weighted by Gasteiger charge is -2.02. The fourth-order valence-electron chi connectivity index (χ4n) is 2.75. The number of non-ortho nitro benzene ring substituents is 1. The zero-order chi connectivity index (χ0) is 20.8. The second kappa shape index (κ2) is 13.3. The van der Waals surface area contributed by atoms with Crippen LogP contribution in [0.15, 0.2) is 23.3 Å². The highest BCUT2D eigenvalue weighted by molar-refractivity contribution is 5.98. The van der Waals surface area contributed by atoms with Gasteiger partial charge in [0, 0.05) is 12.3 Å². The van der Waals surface area contributed by atoms with Crippen LogP contribution in [0.25, 0.3) is 0 Å². The van der Waals surface area contributed by atoms with Crippen molar-refractivity contribution in [3.63, 3.8) is 0 Å². The first-order valence-corrected chi connectivity index (χ1v) is 9.72. The third kappa shape index (κ3) is 8.70. The number of carbonyl (C=O) groups is 1. The van der Waals surface area contributed by atoms with E-state index < -0.39 is 27.1 Å². The van der Waals surface area contributed by atoms with Gasteiger partial charge in [0.2, 0.25) is 0 Å². The van der Waals surface area contributed by atoms with Crippen molar-refractivity contribution < 1.29 is 14.6 Å². The van der Waals surface area contributed by atoms with Crippen LogP contribution in [0.5, 0.6) is 0 Å². The van der Waals surface area contributed by atoms with E-state index in [1.165, 1.54) is 44.9 Å². The predicted octanol–water partition coefficient (Wildman–Crippen LogP) is 5.14. The van der Waals surface area contributed by atoms with Crippen LogP contribution in [-0.2, 0) is 0 Å². The molecule has 1 aromatic rings. The standard InChI is InChI=1S/C19H28N4O5/c1-2-3-4-5-6-7-8-9-10-11-14-20-21-19(24)17-13-12-16(22(25)26)15-18(17)23(27)28/h12-15H,2-11H2,1H3,(H,21,24). The number of nitro benzene ring substituents is 2. The number of amides is 1. The maximum Gasteiger partial charge on any atom is 0.289 e. The number of nitro groups is 2. The molecule has 0 heterocycles. The molecule has 0 atom stereocenters. The summed E-state index contributed by atoms with van der Waals surface area (Å²) in [6, 6.07) is 2.87. The summed E-state index contributed by atoms with van der Waals surface area (Å²) in [7, 11) is 0. The molecule has 28 heavy (non-hydrogen) atoms. The third-order valence-corrected chi connectivity index (χ3v) is 4.33. The van der Waals surface area contributed by atoms with Crippen molar-refractivity contribution in [3.05, 3.63) is 44.0 Å². The van der Waals surface area contributed by atoms with Gasteiger partial charge < -0.3 is 0 Å². The zero-order valence-electron chi connectivity index (χ0n) is 16.3. The Morgan fingerprint density at radius 3 is 2.18 bits per heavy atom. The van der Waals surface area contributed by atoms with E-state index in [1.54, 1.807) is 6.21 Å². The lowest BCUT2D eigenvalue weighted by Crippen LogP contribution is -2.19. The van der Waals surface area contributed by atoms with Crippen molar-refractivity contribution in [1.82, 2.24) is 5.43 Å². The second-order valence-electron chi connectivity index (χ2n) is 6.59. The van der Waals surface area contributed by atoms with Crippen LogP contribution in [0.3, 0.4) is 0 Å². The van der Waals surface area contributed by atoms with Gasteiger partial charge in [0.25, 0.3) is 17.3 Å². The average Bonchev–Trinajstić information content (AvgIpc) is 2.68. The summed E-state index contributed by atoms with van der Waals surface area (Å²) in [5, 5.41) is 25.5. The Kier molecular flexibility index (Phi) is 11.1. The monoisotopic (exact) mass is 392 g/mol. The van der Waals surface area contributed by atoms with Crippen molar-refractivity contribution >= 4 is 23.5 Å². The van der Waals surface area contributed by atoms with E-state index in [4.69, 9.17) is 0 Å². The predicted molar refractivity (Wildman–Crippen MR) is 108 cm³/mol. The molecule has 0 spiro atoms. The molecule has 154 valence electrons. The Hall–Kier alpha value is -2.84. The summed E-state index contributed by atoms with van der Waals surface area (Å²) in [5.41, 5.74) is 0.891. The van der Waals surface area contributed by atoms with Gasteiger partial charge in [0.15, 0.2) is 0 Å². The number of hydrogen-bond donors (Lipinski definition) is 1. The third-order valence-electron chi connectivity index (χ3n) is 4.33. The number of hydrazone groups is 1. The van der Waals surface area contributed by atoms with Crippen LogP contribution >= 0.6 is 0 Å². The highest BCUT2D eigenvalue weighted by Gasteiger charge is 2.23. The van der Waals surface area contributed by atoms with Gasteiger partial charge >= 0.3 is 0 Å². The molecule has 0 aromatic heterocycles. The number of hydrogen-bond acceptors (Lipinski definition) is 6. The molecule has 1 aromatic carbocycles. The Balaban J connectivity index is 2.32. The number of nitrogens with zero attached hydrogens (tertiary/aromatic N) is 3. The number of benzene rings is 1. The second-order valence-corrected chi connectivity index (χ2v) is 6.59. The smallest absolute Gasteiger partial charge is 0.267 e. The van der Waals surface area contributed by atoms with E-state index >= 15 is 0 Å². The van der Waals surface area contributed by atoms with E-state index in [-0.39, 0.29) is 5.56 Å². The lowest BCUT2D eigenvalue weighted by atomic mass is 10.1. The minimum absolute atomic E-state index is 0.268. The van der Waals surface area contributed by atoms with Crippen LogP contribution in [0.1, 0.15) is 81.5 Å². The number of rotatable bonds is 14. The first kappa shape index (κ1) is 23.2. The number of nitrogens with one attached hydrogen (secondary N) is 1. The molecule has 0 saturated heterocycles. The van der Waals surface area contributed by atoms with Crippen molar-refractivity contribution in [2.24, 2.45) is 5.10 Å². The highest BCUT2D eigenvalue weighted by Crippen LogP contribution is 2.24. The van der Waals surface area contributed by atoms with Crippen LogP contribution in [0.2, 0.25) is 0 Å². The normalized spacial score (nSPS) is 10.9. The van der Waals surface area contributed by atoms with Gasteiger partial charge in [-0.3, -0.25) is 25.0 Å². The van der Waals surface area contributed by atoms with E-state index in [0.717, 1.165) is 31.0 Å². The van der Waals surface area contributed by atoms with Crippen LogP contribution in [0.4, 0.5) is 11.4 Å². The summed E-state index contributed by atoms with van der Waals surface area (Å²) in [5.74, 6) is -0.773. The van der Waals surface area contributed by atoms with Gasteiger partial charge in [-0.25, -0.2) is 5.43 Å². The van der Waals surface area contributed by atoms with Crippen LogP contribution in [0, 0.1) is 20.2 Å². The number of carbonyl (C=O) groups excluding carboxylic acids is 1. The zero-order valence-corrected chi connectivity index (χ0v) is 16.3. The lowest BCUT2D eigenvalue weighted by molar-refractivity contribution is -0.394. The largest absolute Gasteiger partial charge is 0.289 e. The highest BCUT2D eigenvalue weighted by atomic mass is 16.6. The molecule has 1 rings (SSSR count). The van der Waals surface area contributed by atoms with Crippen molar-refractivity contribution in [3.8, 4) is 0 Å². The molecule has 0 unspecified atom stereocenters. The topological polar surface area (TPSA) is 128 Å². The molecule has 0 aliphatic carbocycles. The molecule has 9 heteroatoms. The summed E-state index contributed by atoms with van der Waals surface area (Å²) >= 11 is 0. The van der Waals surface area contributed by atoms with Gasteiger partial charge in [-0.2, -0.15) is 5.10 Å². The minimum atomic E-state index is -0.826. The van der Waals surface area contributed by atoms with E-state index in [0.29, 0.717) is 6.42 Å². The fourth-order valence-corrected chi connectivity index (χ4v) is 2.75. The van der Waals surface area contributed by atoms with E-state index in [9.17, 15) is 25.0 Å². The van der Waals surface area contributed by atoms with Gasteiger partial charge in [-0.1, -0.05) is 58.3 Å². The van der Waals surface area contributed by atoms with Gasteiger partial charge in [0.05, 0.1) is 15.9 Å². The summed E-state index contributed by atoms with van der Waals surface area (Å²) in [6.07, 6.45) is 13.2. The molecule has 9 nitrogen and oxygen atoms in total. The van der Waals surface area contributed by atoms with E-state index in [1.807, 2.05) is 0 Å². The Morgan fingerprint density at radius 2 is 1.61 bits per heavy atom. The Bertz CT molecular complexity index is 691. The van der Waals surface area contributed by atoms with Crippen molar-refractivity contribution in [2.75, 3.05) is 0 Å². The van der Waals surface area contributed by atoms with Crippen LogP contribution < -0.4 is 5.43 Å². The minimum Gasteiger partial charge on any atom is -0.267 e. The Morgan fingerprint density at radius 1 is 1.00 bits per heavy atom. The summed E-state index contributed by atoms with van der Waals surface area (Å²) < 4.78 is 0. The molecular formula is C19H28N4O5. The van der Waals surface area contributed by atoms with Gasteiger partial charge in [-0.15, -0.1) is 0 Å². The first-order chi connectivity index (χ1) is 13.5. The molecule has 0 saturated carbocycles. The maximum absolute atomic E-state index is 12.0. The first-order valence-electron chi connectivity index (χ1n) is 9.72. The molecule has 1 amide bonds. The maximum atomic E-state index is 12.0. The molecule has 0 aliphatic heterocycles. The van der Waals surface area contributed by atoms with E-state index in [2.05, 4.69) is 17.5 Å². The molecule has 0 fully saturated rings. The number of unbranched alkanes of at least 4 members (excludes halogenated alkanes) is 9. The molecule has 0 aliphatic rings. The molecule has 0 radical (unpaired) electrons. The fraction of sp³-hybridized carbons (Fsp3) is 0.579. The summed E-state index contributed by atoms with van der Waals surface area (Å²) in [4.78, 5) is 32.2.